The molecule has 0 bridgehead atoms. The molecule has 7 heteroatoms. The fraction of sp³-hybridized carbons (Fsp3) is 0.310. The van der Waals surface area contributed by atoms with Gasteiger partial charge < -0.3 is 10.6 Å². The molecule has 5 rings (SSSR count). The number of carbonyl (C=O) groups excluding carboxylic acids is 1. The quantitative estimate of drug-likeness (QED) is 0.430. The van der Waals surface area contributed by atoms with Crippen LogP contribution in [0.1, 0.15) is 35.6 Å². The van der Waals surface area contributed by atoms with E-state index in [4.69, 9.17) is 23.2 Å². The first-order chi connectivity index (χ1) is 17.5. The third kappa shape index (κ3) is 5.58. The highest BCUT2D eigenvalue weighted by Gasteiger charge is 2.35. The summed E-state index contributed by atoms with van der Waals surface area (Å²) >= 11 is 12.2. The molecule has 5 nitrogen and oxygen atoms in total. The zero-order valence-corrected chi connectivity index (χ0v) is 21.4. The highest BCUT2D eigenvalue weighted by atomic mass is 35.5. The van der Waals surface area contributed by atoms with Gasteiger partial charge in [-0.15, -0.1) is 0 Å². The smallest absolute Gasteiger partial charge is 0.238 e. The van der Waals surface area contributed by atoms with Crippen molar-refractivity contribution >= 4 is 34.8 Å². The van der Waals surface area contributed by atoms with E-state index in [9.17, 15) is 10.1 Å². The standard InChI is InChI=1S/C29H28Cl2N4O/c30-24-14-25(31)16-26(15-24)34-28(36)18-35-11-8-23-13-22(21-3-1-2-19(12-21)17-32)4-5-27(23)29(35)20-6-9-33-10-7-20/h1-5,12-16,20,29,33H,6-11,18H2,(H,34,36). The Morgan fingerprint density at radius 1 is 1.03 bits per heavy atom. The van der Waals surface area contributed by atoms with E-state index >= 15 is 0 Å². The number of anilines is 1. The van der Waals surface area contributed by atoms with Crippen molar-refractivity contribution < 1.29 is 4.79 Å². The SMILES string of the molecule is N#Cc1cccc(-c2ccc3c(c2)CCN(CC(=O)Nc2cc(Cl)cc(Cl)c2)C3C2CCNCC2)c1. The lowest BCUT2D eigenvalue weighted by atomic mass is 9.79. The maximum atomic E-state index is 13.1. The second-order valence-corrected chi connectivity index (χ2v) is 10.4. The normalized spacial score (nSPS) is 18.3. The first kappa shape index (κ1) is 24.8. The van der Waals surface area contributed by atoms with Crippen LogP contribution in [0.3, 0.4) is 0 Å². The Morgan fingerprint density at radius 2 is 1.78 bits per heavy atom. The molecular weight excluding hydrogens is 491 g/mol. The number of hydrogen-bond donors (Lipinski definition) is 2. The largest absolute Gasteiger partial charge is 0.325 e. The first-order valence-electron chi connectivity index (χ1n) is 12.3. The molecule has 2 heterocycles. The van der Waals surface area contributed by atoms with Gasteiger partial charge in [-0.25, -0.2) is 0 Å². The lowest BCUT2D eigenvalue weighted by Gasteiger charge is -2.43. The van der Waals surface area contributed by atoms with Crippen LogP contribution in [0.4, 0.5) is 5.69 Å². The molecule has 1 atom stereocenters. The number of rotatable bonds is 5. The summed E-state index contributed by atoms with van der Waals surface area (Å²) in [7, 11) is 0. The van der Waals surface area contributed by atoms with Crippen LogP contribution < -0.4 is 10.6 Å². The van der Waals surface area contributed by atoms with Gasteiger partial charge in [-0.3, -0.25) is 9.69 Å². The molecule has 1 fully saturated rings. The van der Waals surface area contributed by atoms with Gasteiger partial charge >= 0.3 is 0 Å². The van der Waals surface area contributed by atoms with E-state index in [-0.39, 0.29) is 11.9 Å². The second kappa shape index (κ2) is 11.0. The van der Waals surface area contributed by atoms with E-state index in [1.54, 1.807) is 18.2 Å². The number of amides is 1. The van der Waals surface area contributed by atoms with E-state index in [2.05, 4.69) is 45.9 Å². The Kier molecular flexibility index (Phi) is 7.59. The van der Waals surface area contributed by atoms with Crippen molar-refractivity contribution in [3.05, 3.63) is 87.4 Å². The van der Waals surface area contributed by atoms with Gasteiger partial charge in [0.25, 0.3) is 0 Å². The summed E-state index contributed by atoms with van der Waals surface area (Å²) in [6.07, 6.45) is 3.04. The molecule has 0 saturated carbocycles. The Labute approximate surface area is 222 Å². The molecule has 0 aromatic heterocycles. The van der Waals surface area contributed by atoms with Gasteiger partial charge in [-0.05, 0) is 90.9 Å². The van der Waals surface area contributed by atoms with Crippen LogP contribution in [-0.2, 0) is 11.2 Å². The summed E-state index contributed by atoms with van der Waals surface area (Å²) in [5.74, 6) is 0.409. The zero-order valence-electron chi connectivity index (χ0n) is 19.9. The highest BCUT2D eigenvalue weighted by Crippen LogP contribution is 2.40. The number of benzene rings is 3. The monoisotopic (exact) mass is 518 g/mol. The van der Waals surface area contributed by atoms with Crippen molar-refractivity contribution in [2.45, 2.75) is 25.3 Å². The van der Waals surface area contributed by atoms with Crippen molar-refractivity contribution in [3.63, 3.8) is 0 Å². The zero-order chi connectivity index (χ0) is 25.1. The molecule has 1 amide bonds. The molecule has 0 aliphatic carbocycles. The minimum Gasteiger partial charge on any atom is -0.325 e. The van der Waals surface area contributed by atoms with Crippen LogP contribution in [0.2, 0.25) is 10.0 Å². The number of nitrogens with zero attached hydrogens (tertiary/aromatic N) is 2. The third-order valence-corrected chi connectivity index (χ3v) is 7.61. The fourth-order valence-electron chi connectivity index (χ4n) is 5.56. The first-order valence-corrected chi connectivity index (χ1v) is 13.1. The summed E-state index contributed by atoms with van der Waals surface area (Å²) < 4.78 is 0. The minimum absolute atomic E-state index is 0.0688. The lowest BCUT2D eigenvalue weighted by Crippen LogP contribution is -2.45. The number of nitrogens with one attached hydrogen (secondary N) is 2. The molecule has 2 aliphatic heterocycles. The Balaban J connectivity index is 1.41. The number of carbonyl (C=O) groups is 1. The average Bonchev–Trinajstić information content (AvgIpc) is 2.88. The number of nitriles is 1. The number of hydrogen-bond acceptors (Lipinski definition) is 4. The van der Waals surface area contributed by atoms with Gasteiger partial charge in [0.1, 0.15) is 0 Å². The predicted molar refractivity (Wildman–Crippen MR) is 145 cm³/mol. The number of piperidine rings is 1. The molecule has 3 aromatic rings. The van der Waals surface area contributed by atoms with Crippen LogP contribution in [0.15, 0.2) is 60.7 Å². The van der Waals surface area contributed by atoms with Crippen molar-refractivity contribution in [3.8, 4) is 17.2 Å². The third-order valence-electron chi connectivity index (χ3n) is 7.17. The van der Waals surface area contributed by atoms with E-state index in [0.29, 0.717) is 33.8 Å². The van der Waals surface area contributed by atoms with Crippen molar-refractivity contribution in [1.82, 2.24) is 10.2 Å². The second-order valence-electron chi connectivity index (χ2n) is 9.57. The molecule has 0 radical (unpaired) electrons. The van der Waals surface area contributed by atoms with E-state index < -0.39 is 0 Å². The maximum Gasteiger partial charge on any atom is 0.238 e. The Bertz CT molecular complexity index is 1290. The molecule has 0 spiro atoms. The Hall–Kier alpha value is -2.88. The number of halogens is 2. The molecule has 1 saturated heterocycles. The molecule has 1 unspecified atom stereocenters. The molecule has 2 N–H and O–H groups in total. The minimum atomic E-state index is -0.0688. The molecule has 3 aromatic carbocycles. The molecule has 184 valence electrons. The summed E-state index contributed by atoms with van der Waals surface area (Å²) in [6.45, 7) is 3.12. The highest BCUT2D eigenvalue weighted by molar-refractivity contribution is 6.35. The summed E-state index contributed by atoms with van der Waals surface area (Å²) in [5.41, 5.74) is 6.09. The molecular formula is C29H28Cl2N4O. The average molecular weight is 519 g/mol. The van der Waals surface area contributed by atoms with Crippen LogP contribution in [0, 0.1) is 17.2 Å². The van der Waals surface area contributed by atoms with Crippen LogP contribution in [0.25, 0.3) is 11.1 Å². The van der Waals surface area contributed by atoms with Gasteiger partial charge in [0.15, 0.2) is 0 Å². The van der Waals surface area contributed by atoms with Gasteiger partial charge in [0.2, 0.25) is 5.91 Å². The maximum absolute atomic E-state index is 13.1. The molecule has 36 heavy (non-hydrogen) atoms. The van der Waals surface area contributed by atoms with Crippen molar-refractivity contribution in [2.24, 2.45) is 5.92 Å². The number of fused-ring (bicyclic) bond motifs is 1. The van der Waals surface area contributed by atoms with Gasteiger partial charge in [-0.2, -0.15) is 5.26 Å². The lowest BCUT2D eigenvalue weighted by molar-refractivity contribution is -0.118. The van der Waals surface area contributed by atoms with Gasteiger partial charge in [0, 0.05) is 28.3 Å². The van der Waals surface area contributed by atoms with Crippen molar-refractivity contribution in [2.75, 3.05) is 31.5 Å². The summed E-state index contributed by atoms with van der Waals surface area (Å²) in [5, 5.41) is 16.7. The topological polar surface area (TPSA) is 68.2 Å². The molecule has 2 aliphatic rings. The Morgan fingerprint density at radius 3 is 2.53 bits per heavy atom. The van der Waals surface area contributed by atoms with Gasteiger partial charge in [0.05, 0.1) is 18.2 Å². The van der Waals surface area contributed by atoms with E-state index in [1.807, 2.05) is 18.2 Å². The van der Waals surface area contributed by atoms with E-state index in [0.717, 1.165) is 50.0 Å². The van der Waals surface area contributed by atoms with E-state index in [1.165, 1.54) is 11.1 Å². The van der Waals surface area contributed by atoms with Crippen LogP contribution in [-0.4, -0.2) is 37.0 Å². The van der Waals surface area contributed by atoms with Crippen LogP contribution >= 0.6 is 23.2 Å². The predicted octanol–water partition coefficient (Wildman–Crippen LogP) is 6.07. The van der Waals surface area contributed by atoms with Gasteiger partial charge in [-0.1, -0.05) is 53.5 Å². The summed E-state index contributed by atoms with van der Waals surface area (Å²) in [6, 6.07) is 21.9. The van der Waals surface area contributed by atoms with Crippen molar-refractivity contribution in [1.29, 1.82) is 5.26 Å². The van der Waals surface area contributed by atoms with Crippen LogP contribution in [0.5, 0.6) is 0 Å². The fourth-order valence-corrected chi connectivity index (χ4v) is 6.08. The summed E-state index contributed by atoms with van der Waals surface area (Å²) in [4.78, 5) is 15.4.